The quantitative estimate of drug-likeness (QED) is 0.832. The van der Waals surface area contributed by atoms with E-state index in [-0.39, 0.29) is 0 Å². The first-order valence-electron chi connectivity index (χ1n) is 6.21. The van der Waals surface area contributed by atoms with Gasteiger partial charge >= 0.3 is 0 Å². The Hall–Kier alpha value is -1.37. The normalized spacial score (nSPS) is 12.6. The molecule has 0 aliphatic heterocycles. The van der Waals surface area contributed by atoms with Crippen molar-refractivity contribution in [2.45, 2.75) is 13.0 Å². The summed E-state index contributed by atoms with van der Waals surface area (Å²) in [4.78, 5) is 4.38. The lowest BCUT2D eigenvalue weighted by Gasteiger charge is -2.17. The number of rotatable bonds is 6. The number of methoxy groups -OCH3 is 1. The highest BCUT2D eigenvalue weighted by atomic mass is 32.1. The maximum Gasteiger partial charge on any atom is 0.131 e. The van der Waals surface area contributed by atoms with Crippen LogP contribution < -0.4 is 5.32 Å². The number of aromatic nitrogens is 1. The van der Waals surface area contributed by atoms with E-state index in [9.17, 15) is 8.78 Å². The zero-order chi connectivity index (χ0) is 14.5. The molecule has 0 saturated carbocycles. The molecule has 3 nitrogen and oxygen atoms in total. The highest BCUT2D eigenvalue weighted by Crippen LogP contribution is 2.27. The van der Waals surface area contributed by atoms with Crippen LogP contribution in [-0.4, -0.2) is 25.2 Å². The van der Waals surface area contributed by atoms with Gasteiger partial charge in [0.25, 0.3) is 0 Å². The minimum Gasteiger partial charge on any atom is -0.383 e. The molecule has 0 aliphatic rings. The molecule has 0 radical (unpaired) electrons. The number of benzene rings is 1. The van der Waals surface area contributed by atoms with E-state index in [2.05, 4.69) is 10.3 Å². The highest BCUT2D eigenvalue weighted by molar-refractivity contribution is 7.09. The first kappa shape index (κ1) is 15.0. The Morgan fingerprint density at radius 3 is 2.80 bits per heavy atom. The predicted octanol–water partition coefficient (Wildman–Crippen LogP) is 3.06. The number of aryl methyl sites for hydroxylation is 1. The summed E-state index contributed by atoms with van der Waals surface area (Å²) in [6.45, 7) is 2.94. The van der Waals surface area contributed by atoms with Crippen LogP contribution in [-0.2, 0) is 4.74 Å². The van der Waals surface area contributed by atoms with Crippen LogP contribution in [0.5, 0.6) is 0 Å². The third kappa shape index (κ3) is 3.59. The van der Waals surface area contributed by atoms with E-state index in [4.69, 9.17) is 4.74 Å². The lowest BCUT2D eigenvalue weighted by atomic mass is 10.1. The first-order chi connectivity index (χ1) is 9.61. The second-order valence-electron chi connectivity index (χ2n) is 4.37. The van der Waals surface area contributed by atoms with Gasteiger partial charge in [-0.3, -0.25) is 0 Å². The Morgan fingerprint density at radius 1 is 1.40 bits per heavy atom. The van der Waals surface area contributed by atoms with Gasteiger partial charge in [0.15, 0.2) is 0 Å². The van der Waals surface area contributed by atoms with Crippen molar-refractivity contribution in [3.63, 3.8) is 0 Å². The third-order valence-corrected chi connectivity index (χ3v) is 3.84. The molecule has 1 heterocycles. The van der Waals surface area contributed by atoms with E-state index < -0.39 is 17.7 Å². The molecule has 1 N–H and O–H groups in total. The van der Waals surface area contributed by atoms with Crippen LogP contribution in [0.15, 0.2) is 23.6 Å². The molecule has 6 heteroatoms. The average molecular weight is 298 g/mol. The van der Waals surface area contributed by atoms with Crippen molar-refractivity contribution in [1.82, 2.24) is 10.3 Å². The van der Waals surface area contributed by atoms with Gasteiger partial charge in [0.05, 0.1) is 12.6 Å². The van der Waals surface area contributed by atoms with Crippen molar-refractivity contribution in [2.24, 2.45) is 0 Å². The first-order valence-corrected chi connectivity index (χ1v) is 7.09. The molecule has 2 aromatic rings. The second-order valence-corrected chi connectivity index (χ2v) is 5.26. The van der Waals surface area contributed by atoms with E-state index in [1.165, 1.54) is 23.5 Å². The Morgan fingerprint density at radius 2 is 2.20 bits per heavy atom. The smallest absolute Gasteiger partial charge is 0.131 e. The van der Waals surface area contributed by atoms with Crippen LogP contribution in [0.2, 0.25) is 0 Å². The fourth-order valence-corrected chi connectivity index (χ4v) is 2.76. The fourth-order valence-electron chi connectivity index (χ4n) is 1.88. The van der Waals surface area contributed by atoms with E-state index in [0.717, 1.165) is 16.8 Å². The molecule has 1 aromatic heterocycles. The van der Waals surface area contributed by atoms with Crippen LogP contribution in [0.3, 0.4) is 0 Å². The van der Waals surface area contributed by atoms with Gasteiger partial charge in [-0.05, 0) is 13.0 Å². The summed E-state index contributed by atoms with van der Waals surface area (Å²) in [5.41, 5.74) is 1.27. The van der Waals surface area contributed by atoms with E-state index in [1.807, 2.05) is 12.3 Å². The number of nitrogens with one attached hydrogen (secondary N) is 1. The Labute approximate surface area is 120 Å². The molecule has 0 saturated heterocycles. The zero-order valence-corrected chi connectivity index (χ0v) is 12.1. The number of thiazole rings is 1. The monoisotopic (exact) mass is 298 g/mol. The van der Waals surface area contributed by atoms with Crippen molar-refractivity contribution < 1.29 is 13.5 Å². The molecule has 0 aliphatic carbocycles. The van der Waals surface area contributed by atoms with E-state index >= 15 is 0 Å². The molecule has 1 atom stereocenters. The molecule has 0 spiro atoms. The minimum absolute atomic E-state index is 0.386. The average Bonchev–Trinajstić information content (AvgIpc) is 2.82. The van der Waals surface area contributed by atoms with Crippen molar-refractivity contribution >= 4 is 11.3 Å². The summed E-state index contributed by atoms with van der Waals surface area (Å²) in [5, 5.41) is 5.85. The van der Waals surface area contributed by atoms with Crippen molar-refractivity contribution in [3.8, 4) is 0 Å². The largest absolute Gasteiger partial charge is 0.383 e. The molecule has 20 heavy (non-hydrogen) atoms. The zero-order valence-electron chi connectivity index (χ0n) is 11.3. The number of halogens is 2. The van der Waals surface area contributed by atoms with Gasteiger partial charge in [-0.25, -0.2) is 13.8 Å². The molecule has 0 amide bonds. The maximum atomic E-state index is 14.0. The molecule has 0 bridgehead atoms. The summed E-state index contributed by atoms with van der Waals surface area (Å²) in [7, 11) is 1.60. The van der Waals surface area contributed by atoms with E-state index in [1.54, 1.807) is 7.11 Å². The molecule has 1 unspecified atom stereocenters. The van der Waals surface area contributed by atoms with Crippen molar-refractivity contribution in [3.05, 3.63) is 51.5 Å². The molecule has 0 fully saturated rings. The number of hydrogen-bond acceptors (Lipinski definition) is 4. The number of nitrogens with zero attached hydrogens (tertiary/aromatic N) is 1. The molecule has 1 aromatic carbocycles. The van der Waals surface area contributed by atoms with Crippen molar-refractivity contribution in [1.29, 1.82) is 0 Å². The molecule has 2 rings (SSSR count). The van der Waals surface area contributed by atoms with Crippen LogP contribution in [0.25, 0.3) is 0 Å². The number of ether oxygens (including phenoxy) is 1. The maximum absolute atomic E-state index is 14.0. The standard InChI is InChI=1S/C14H16F2N2OS/c1-9-8-20-14(18-9)13(17-5-6-19-2)11-4-3-10(15)7-12(11)16/h3-4,7-8,13,17H,5-6H2,1-2H3. The fraction of sp³-hybridized carbons (Fsp3) is 0.357. The van der Waals surface area contributed by atoms with Crippen molar-refractivity contribution in [2.75, 3.05) is 20.3 Å². The van der Waals surface area contributed by atoms with Gasteiger partial charge in [0, 0.05) is 36.4 Å². The lowest BCUT2D eigenvalue weighted by Crippen LogP contribution is -2.26. The third-order valence-electron chi connectivity index (χ3n) is 2.81. The van der Waals surface area contributed by atoms with Gasteiger partial charge in [0.2, 0.25) is 0 Å². The number of hydrogen-bond donors (Lipinski definition) is 1. The van der Waals surface area contributed by atoms with Crippen LogP contribution in [0.4, 0.5) is 8.78 Å². The van der Waals surface area contributed by atoms with Gasteiger partial charge in [-0.1, -0.05) is 6.07 Å². The molecular weight excluding hydrogens is 282 g/mol. The summed E-state index contributed by atoms with van der Waals surface area (Å²) in [5.74, 6) is -1.16. The second kappa shape index (κ2) is 6.88. The van der Waals surface area contributed by atoms with Crippen LogP contribution in [0.1, 0.15) is 22.3 Å². The topological polar surface area (TPSA) is 34.1 Å². The van der Waals surface area contributed by atoms with Gasteiger partial charge in [0.1, 0.15) is 16.6 Å². The molecule has 108 valence electrons. The van der Waals surface area contributed by atoms with Gasteiger partial charge in [-0.2, -0.15) is 0 Å². The van der Waals surface area contributed by atoms with E-state index in [0.29, 0.717) is 18.7 Å². The minimum atomic E-state index is -0.586. The Balaban J connectivity index is 2.30. The summed E-state index contributed by atoms with van der Waals surface area (Å²) in [6.07, 6.45) is 0. The predicted molar refractivity (Wildman–Crippen MR) is 74.9 cm³/mol. The summed E-state index contributed by atoms with van der Waals surface area (Å²) >= 11 is 1.45. The lowest BCUT2D eigenvalue weighted by molar-refractivity contribution is 0.197. The summed E-state index contributed by atoms with van der Waals surface area (Å²) in [6, 6.07) is 3.20. The Kier molecular flexibility index (Phi) is 5.17. The van der Waals surface area contributed by atoms with Crippen LogP contribution in [0, 0.1) is 18.6 Å². The summed E-state index contributed by atoms with van der Waals surface area (Å²) < 4.78 is 32.0. The molecular formula is C14H16F2N2OS. The highest BCUT2D eigenvalue weighted by Gasteiger charge is 2.20. The van der Waals surface area contributed by atoms with Crippen LogP contribution >= 0.6 is 11.3 Å². The van der Waals surface area contributed by atoms with Gasteiger partial charge < -0.3 is 10.1 Å². The SMILES string of the molecule is COCCNC(c1nc(C)cs1)c1ccc(F)cc1F. The Bertz CT molecular complexity index is 574. The van der Waals surface area contributed by atoms with Gasteiger partial charge in [-0.15, -0.1) is 11.3 Å².